The van der Waals surface area contributed by atoms with Gasteiger partial charge in [-0.05, 0) is 41.9 Å². The van der Waals surface area contributed by atoms with Gasteiger partial charge in [0.25, 0.3) is 0 Å². The van der Waals surface area contributed by atoms with Gasteiger partial charge in [0, 0.05) is 24.5 Å². The Balaban J connectivity index is 1.72. The standard InChI is InChI=1S/C17H12N4O2S/c1-11-9-19-21(10-11)16-8-14-17(24-16)15(6-7-18-14)23-13-4-2-12(20-22)3-5-13/h2-10H,1H3. The lowest BCUT2D eigenvalue weighted by atomic mass is 10.3. The van der Waals surface area contributed by atoms with Gasteiger partial charge in [-0.2, -0.15) is 5.10 Å². The fourth-order valence-electron chi connectivity index (χ4n) is 2.33. The Morgan fingerprint density at radius 1 is 1.21 bits per heavy atom. The van der Waals surface area contributed by atoms with Gasteiger partial charge in [-0.1, -0.05) is 0 Å². The summed E-state index contributed by atoms with van der Waals surface area (Å²) < 4.78 is 8.71. The number of ether oxygens (including phenoxy) is 1. The first kappa shape index (κ1) is 14.5. The van der Waals surface area contributed by atoms with Crippen LogP contribution in [0.15, 0.2) is 60.2 Å². The molecule has 4 aromatic rings. The lowest BCUT2D eigenvalue weighted by molar-refractivity contribution is 0.489. The monoisotopic (exact) mass is 336 g/mol. The smallest absolute Gasteiger partial charge is 0.148 e. The maximum absolute atomic E-state index is 10.5. The number of aromatic nitrogens is 3. The lowest BCUT2D eigenvalue weighted by Crippen LogP contribution is -1.88. The zero-order valence-corrected chi connectivity index (χ0v) is 13.5. The van der Waals surface area contributed by atoms with Crippen LogP contribution in [-0.4, -0.2) is 14.8 Å². The largest absolute Gasteiger partial charge is 0.456 e. The number of hydrogen-bond donors (Lipinski definition) is 0. The Morgan fingerprint density at radius 2 is 2.04 bits per heavy atom. The minimum Gasteiger partial charge on any atom is -0.456 e. The molecular weight excluding hydrogens is 324 g/mol. The van der Waals surface area contributed by atoms with Crippen molar-refractivity contribution in [2.24, 2.45) is 5.18 Å². The molecule has 0 spiro atoms. The lowest BCUT2D eigenvalue weighted by Gasteiger charge is -2.06. The van der Waals surface area contributed by atoms with Crippen LogP contribution in [0.25, 0.3) is 15.2 Å². The van der Waals surface area contributed by atoms with Crippen LogP contribution in [-0.2, 0) is 0 Å². The van der Waals surface area contributed by atoms with Gasteiger partial charge in [-0.25, -0.2) is 4.68 Å². The van der Waals surface area contributed by atoms with Crippen molar-refractivity contribution in [1.82, 2.24) is 14.8 Å². The number of benzene rings is 1. The van der Waals surface area contributed by atoms with Crippen molar-refractivity contribution >= 4 is 27.2 Å². The van der Waals surface area contributed by atoms with E-state index in [1.165, 1.54) is 0 Å². The van der Waals surface area contributed by atoms with Gasteiger partial charge in [0.15, 0.2) is 0 Å². The average molecular weight is 336 g/mol. The molecule has 0 amide bonds. The van der Waals surface area contributed by atoms with Crippen LogP contribution < -0.4 is 4.74 Å². The number of aryl methyl sites for hydroxylation is 1. The predicted octanol–water partition coefficient (Wildman–Crippen LogP) is 4.98. The zero-order chi connectivity index (χ0) is 16.5. The van der Waals surface area contributed by atoms with Crippen molar-refractivity contribution in [1.29, 1.82) is 0 Å². The minimum absolute atomic E-state index is 0.370. The SMILES string of the molecule is Cc1cnn(-c2cc3nccc(Oc4ccc(N=O)cc4)c3s2)c1. The molecule has 0 fully saturated rings. The molecule has 3 aromatic heterocycles. The normalized spacial score (nSPS) is 10.9. The minimum atomic E-state index is 0.370. The summed E-state index contributed by atoms with van der Waals surface area (Å²) >= 11 is 1.56. The van der Waals surface area contributed by atoms with Crippen LogP contribution >= 0.6 is 11.3 Å². The molecule has 0 bridgehead atoms. The second-order valence-electron chi connectivity index (χ2n) is 5.26. The Morgan fingerprint density at radius 3 is 2.75 bits per heavy atom. The van der Waals surface area contributed by atoms with E-state index in [1.54, 1.807) is 41.8 Å². The number of nitrogens with zero attached hydrogens (tertiary/aromatic N) is 4. The fraction of sp³-hybridized carbons (Fsp3) is 0.0588. The van der Waals surface area contributed by atoms with Crippen LogP contribution in [0.4, 0.5) is 5.69 Å². The maximum atomic E-state index is 10.5. The van der Waals surface area contributed by atoms with E-state index in [2.05, 4.69) is 15.3 Å². The summed E-state index contributed by atoms with van der Waals surface area (Å²) in [6, 6.07) is 10.5. The molecule has 0 saturated carbocycles. The molecule has 118 valence electrons. The number of thiophene rings is 1. The van der Waals surface area contributed by atoms with Crippen LogP contribution in [0.2, 0.25) is 0 Å². The second-order valence-corrected chi connectivity index (χ2v) is 6.29. The molecule has 7 heteroatoms. The highest BCUT2D eigenvalue weighted by molar-refractivity contribution is 7.21. The highest BCUT2D eigenvalue weighted by atomic mass is 32.1. The van der Waals surface area contributed by atoms with Gasteiger partial charge in [0.2, 0.25) is 0 Å². The van der Waals surface area contributed by atoms with E-state index in [9.17, 15) is 4.91 Å². The van der Waals surface area contributed by atoms with Gasteiger partial charge in [-0.15, -0.1) is 16.2 Å². The highest BCUT2D eigenvalue weighted by Gasteiger charge is 2.11. The van der Waals surface area contributed by atoms with Crippen LogP contribution in [0.3, 0.4) is 0 Å². The molecule has 0 N–H and O–H groups in total. The molecule has 6 nitrogen and oxygen atoms in total. The topological polar surface area (TPSA) is 69.4 Å². The fourth-order valence-corrected chi connectivity index (χ4v) is 3.33. The van der Waals surface area contributed by atoms with E-state index >= 15 is 0 Å². The quantitative estimate of drug-likeness (QED) is 0.493. The first-order chi connectivity index (χ1) is 11.7. The number of nitroso groups, excluding NO2 is 1. The van der Waals surface area contributed by atoms with E-state index < -0.39 is 0 Å². The van der Waals surface area contributed by atoms with Crippen molar-refractivity contribution in [3.8, 4) is 16.5 Å². The Bertz CT molecular complexity index is 1020. The Hall–Kier alpha value is -3.06. The molecule has 0 radical (unpaired) electrons. The summed E-state index contributed by atoms with van der Waals surface area (Å²) in [5.41, 5.74) is 2.32. The van der Waals surface area contributed by atoms with Gasteiger partial charge in [0.05, 0.1) is 16.4 Å². The van der Waals surface area contributed by atoms with Crippen molar-refractivity contribution < 1.29 is 4.74 Å². The first-order valence-electron chi connectivity index (χ1n) is 7.24. The third kappa shape index (κ3) is 2.65. The maximum Gasteiger partial charge on any atom is 0.148 e. The van der Waals surface area contributed by atoms with Crippen LogP contribution in [0, 0.1) is 11.8 Å². The summed E-state index contributed by atoms with van der Waals surface area (Å²) in [4.78, 5) is 14.9. The summed E-state index contributed by atoms with van der Waals surface area (Å²) in [6.45, 7) is 2.00. The second kappa shape index (κ2) is 5.86. The molecule has 0 unspecified atom stereocenters. The molecule has 0 aliphatic carbocycles. The Labute approximate surface area is 141 Å². The van der Waals surface area contributed by atoms with Crippen LogP contribution in [0.5, 0.6) is 11.5 Å². The zero-order valence-electron chi connectivity index (χ0n) is 12.7. The molecule has 0 atom stereocenters. The first-order valence-corrected chi connectivity index (χ1v) is 8.06. The summed E-state index contributed by atoms with van der Waals surface area (Å²) in [6.07, 6.45) is 5.50. The number of pyridine rings is 1. The molecule has 0 aliphatic heterocycles. The third-order valence-corrected chi connectivity index (χ3v) is 4.60. The summed E-state index contributed by atoms with van der Waals surface area (Å²) in [5.74, 6) is 1.35. The summed E-state index contributed by atoms with van der Waals surface area (Å²) in [5, 5.41) is 8.19. The van der Waals surface area contributed by atoms with E-state index in [0.29, 0.717) is 17.2 Å². The molecule has 0 saturated heterocycles. The number of rotatable bonds is 4. The number of fused-ring (bicyclic) bond motifs is 1. The van der Waals surface area contributed by atoms with E-state index in [-0.39, 0.29) is 0 Å². The summed E-state index contributed by atoms with van der Waals surface area (Å²) in [7, 11) is 0. The van der Waals surface area contributed by atoms with Crippen molar-refractivity contribution in [2.75, 3.05) is 0 Å². The van der Waals surface area contributed by atoms with Gasteiger partial charge in [-0.3, -0.25) is 4.98 Å². The highest BCUT2D eigenvalue weighted by Crippen LogP contribution is 2.36. The molecule has 4 rings (SSSR count). The van der Waals surface area contributed by atoms with Crippen LogP contribution in [0.1, 0.15) is 5.56 Å². The van der Waals surface area contributed by atoms with E-state index in [4.69, 9.17) is 4.74 Å². The Kier molecular flexibility index (Phi) is 3.55. The average Bonchev–Trinajstić information content (AvgIpc) is 3.22. The van der Waals surface area contributed by atoms with E-state index in [1.807, 2.05) is 36.1 Å². The van der Waals surface area contributed by atoms with Crippen molar-refractivity contribution in [3.05, 3.63) is 65.5 Å². The van der Waals surface area contributed by atoms with Gasteiger partial charge >= 0.3 is 0 Å². The van der Waals surface area contributed by atoms with Gasteiger partial charge in [0.1, 0.15) is 22.2 Å². The van der Waals surface area contributed by atoms with E-state index in [0.717, 1.165) is 20.8 Å². The number of hydrogen-bond acceptors (Lipinski definition) is 6. The molecular formula is C17H12N4O2S. The molecule has 24 heavy (non-hydrogen) atoms. The predicted molar refractivity (Wildman–Crippen MR) is 93.5 cm³/mol. The van der Waals surface area contributed by atoms with Crippen molar-refractivity contribution in [3.63, 3.8) is 0 Å². The van der Waals surface area contributed by atoms with Crippen molar-refractivity contribution in [2.45, 2.75) is 6.92 Å². The molecule has 0 aliphatic rings. The molecule has 1 aromatic carbocycles. The third-order valence-electron chi connectivity index (χ3n) is 3.47. The molecule has 3 heterocycles. The van der Waals surface area contributed by atoms with Gasteiger partial charge < -0.3 is 4.74 Å².